The number of thiazole rings is 4. The highest BCUT2D eigenvalue weighted by atomic mass is 32.2. The number of hydrogen-bond donors (Lipinski definition) is 17. The fraction of sp³-hybridized carbons (Fsp3) is 0.423. The number of nitrogens with two attached hydrogens (primary N) is 1. The fourth-order valence-electron chi connectivity index (χ4n) is 12.2. The molecule has 0 saturated heterocycles. The van der Waals surface area contributed by atoms with Crippen LogP contribution in [0.1, 0.15) is 197 Å². The number of primary amides is 1. The van der Waals surface area contributed by atoms with E-state index in [2.05, 4.69) is 98.2 Å². The van der Waals surface area contributed by atoms with Crippen molar-refractivity contribution in [2.45, 2.75) is 178 Å². The van der Waals surface area contributed by atoms with E-state index in [9.17, 15) is 68.7 Å². The van der Waals surface area contributed by atoms with Gasteiger partial charge in [-0.1, -0.05) is 51.8 Å². The van der Waals surface area contributed by atoms with Gasteiger partial charge in [0.05, 0.1) is 70.3 Å². The number of ether oxygens (including phenoxy) is 1. The number of nitrogens with zero attached hydrogens (tertiary/aromatic N) is 7. The molecule has 16 atom stereocenters. The number of hydrogen-bond acceptors (Lipinski definition) is 31. The molecule has 18 N–H and O–H groups in total. The van der Waals surface area contributed by atoms with Crippen LogP contribution in [0, 0.1) is 5.92 Å². The van der Waals surface area contributed by atoms with E-state index in [0.29, 0.717) is 0 Å². The van der Waals surface area contributed by atoms with Gasteiger partial charge in [-0.2, -0.15) is 0 Å². The number of thioether (sulfide) groups is 1. The lowest BCUT2D eigenvalue weighted by atomic mass is 9.80. The lowest BCUT2D eigenvalue weighted by molar-refractivity contribution is -0.131. The number of aliphatic hydroxyl groups excluding tert-OH is 4. The molecule has 5 aromatic rings. The summed E-state index contributed by atoms with van der Waals surface area (Å²) in [6, 6.07) is -11.6. The molecule has 13 bridgehead atoms. The average molecular weight is 1650 g/mol. The molecule has 600 valence electrons. The molecule has 10 rings (SSSR count). The number of aromatic nitrogens is 5. The molecule has 16 unspecified atom stereocenters. The molecule has 113 heavy (non-hydrogen) atoms. The van der Waals surface area contributed by atoms with Crippen LogP contribution in [0.2, 0.25) is 0 Å². The second kappa shape index (κ2) is 34.8. The number of fused-ring (bicyclic) bond motifs is 7. The van der Waals surface area contributed by atoms with Crippen molar-refractivity contribution in [3.05, 3.63) is 148 Å². The van der Waals surface area contributed by atoms with Crippen LogP contribution in [0.15, 0.2) is 92.2 Å². The third-order valence-corrected chi connectivity index (χ3v) is 23.8. The number of pyridine rings is 1. The molecule has 0 radical (unpaired) electrons. The summed E-state index contributed by atoms with van der Waals surface area (Å²) >= 11 is 4.42. The highest BCUT2D eigenvalue weighted by molar-refractivity contribution is 8.14. The number of aliphatic imine (C=N–C) groups is 2. The first-order valence-electron chi connectivity index (χ1n) is 35.1. The van der Waals surface area contributed by atoms with Gasteiger partial charge in [-0.05, 0) is 85.8 Å². The molecule has 9 heterocycles. The highest BCUT2D eigenvalue weighted by Crippen LogP contribution is 2.48. The normalized spacial score (nSPS) is 26.8. The maximum absolute atomic E-state index is 15.4. The van der Waals surface area contributed by atoms with Crippen LogP contribution in [-0.2, 0) is 48.6 Å². The Bertz CT molecular complexity index is 4860. The number of cyclic esters (lactones) is 1. The molecule has 11 amide bonds. The van der Waals surface area contributed by atoms with Crippen molar-refractivity contribution in [2.24, 2.45) is 21.6 Å². The Morgan fingerprint density at radius 1 is 0.743 bits per heavy atom. The number of amides is 11. The first kappa shape index (κ1) is 84.9. The van der Waals surface area contributed by atoms with Crippen LogP contribution < -0.4 is 64.2 Å². The van der Waals surface area contributed by atoms with Crippen LogP contribution in [0.25, 0.3) is 6.08 Å². The topological polar surface area (TPSA) is 563 Å². The summed E-state index contributed by atoms with van der Waals surface area (Å²) in [5.74, 6) is -12.3. The maximum atomic E-state index is 15.4. The quantitative estimate of drug-likeness (QED) is 0.0628. The van der Waals surface area contributed by atoms with Crippen molar-refractivity contribution in [2.75, 3.05) is 5.75 Å². The molecular formula is C71H83N19O18S5. The molecule has 0 aromatic carbocycles. The van der Waals surface area contributed by atoms with E-state index in [-0.39, 0.29) is 94.7 Å². The highest BCUT2D eigenvalue weighted by Gasteiger charge is 2.51. The number of carbonyl (C=O) groups excluding carboxylic acids is 12. The lowest BCUT2D eigenvalue weighted by Crippen LogP contribution is -2.57. The van der Waals surface area contributed by atoms with E-state index in [1.165, 1.54) is 94.3 Å². The van der Waals surface area contributed by atoms with Crippen LogP contribution >= 0.6 is 57.1 Å². The first-order chi connectivity index (χ1) is 53.2. The summed E-state index contributed by atoms with van der Waals surface area (Å²) < 4.78 is 6.25. The first-order valence-corrected chi connectivity index (χ1v) is 39.6. The second-order valence-electron chi connectivity index (χ2n) is 27.7. The second-order valence-corrected chi connectivity index (χ2v) is 32.2. The van der Waals surface area contributed by atoms with E-state index in [0.717, 1.165) is 57.1 Å². The van der Waals surface area contributed by atoms with Gasteiger partial charge >= 0.3 is 5.97 Å². The molecule has 1 aliphatic carbocycles. The van der Waals surface area contributed by atoms with Gasteiger partial charge in [0.1, 0.15) is 113 Å². The largest absolute Gasteiger partial charge is 0.455 e. The van der Waals surface area contributed by atoms with Crippen molar-refractivity contribution in [3.63, 3.8) is 0 Å². The number of nitrogens with one attached hydrogen (secondary N) is 11. The van der Waals surface area contributed by atoms with E-state index in [4.69, 9.17) is 25.4 Å². The van der Waals surface area contributed by atoms with Crippen molar-refractivity contribution < 1.29 is 87.8 Å². The average Bonchev–Trinajstić information content (AvgIpc) is 1.66. The Labute approximate surface area is 665 Å². The molecule has 0 spiro atoms. The smallest absolute Gasteiger partial charge is 0.357 e. The molecule has 0 fully saturated rings. The number of esters is 1. The summed E-state index contributed by atoms with van der Waals surface area (Å²) in [6.45, 7) is 24.7. The van der Waals surface area contributed by atoms with Crippen LogP contribution in [0.5, 0.6) is 0 Å². The van der Waals surface area contributed by atoms with Gasteiger partial charge in [0.25, 0.3) is 35.4 Å². The molecule has 42 heteroatoms. The zero-order chi connectivity index (χ0) is 82.7. The minimum Gasteiger partial charge on any atom is -0.455 e. The predicted molar refractivity (Wildman–Crippen MR) is 414 cm³/mol. The fourth-order valence-corrected chi connectivity index (χ4v) is 17.0. The Kier molecular flexibility index (Phi) is 26.2. The number of rotatable bonds is 11. The molecule has 37 nitrogen and oxygen atoms in total. The predicted octanol–water partition coefficient (Wildman–Crippen LogP) is 0.384. The number of aliphatic hydroxyl groups is 5. The Hall–Kier alpha value is -10.5. The Morgan fingerprint density at radius 3 is 2.10 bits per heavy atom. The van der Waals surface area contributed by atoms with E-state index in [1.54, 1.807) is 20.8 Å². The zero-order valence-corrected chi connectivity index (χ0v) is 66.4. The summed E-state index contributed by atoms with van der Waals surface area (Å²) in [5.41, 5.74) is -1.81. The SMILES string of the molecule is C=C(NC(=O)C(=C)NC(=O)c1csc(C2=NC3c4csc(n4)C4NC(=O)c5csc(n5)C(C(C)(O)C(C)O)NC(=O)C5CSC(=N5)/C(=C\C)NC(=O)C(C(C)O)NC(=O)c5csc(n5)C3(CC2)NC(=O)C(C)NC(=O)C(=C)NC(=O)C(C)NC(=O)C(C(C)C)NC2C=Cc3c(C(C)O)cc(nc3C2O)C(=O)OC4C)n1)C(N)=O. The number of allylic oxidation sites excluding steroid dienone is 1. The number of carbonyl (C=O) groups is 12. The van der Waals surface area contributed by atoms with Gasteiger partial charge in [-0.15, -0.1) is 57.1 Å². The van der Waals surface area contributed by atoms with Gasteiger partial charge in [0.2, 0.25) is 29.5 Å². The Morgan fingerprint density at radius 2 is 1.42 bits per heavy atom. The molecule has 5 aromatic heterocycles. The van der Waals surface area contributed by atoms with Gasteiger partial charge in [-0.25, -0.2) is 29.7 Å². The van der Waals surface area contributed by atoms with Gasteiger partial charge in [-0.3, -0.25) is 68.0 Å². The monoisotopic (exact) mass is 1650 g/mol. The summed E-state index contributed by atoms with van der Waals surface area (Å²) in [4.78, 5) is 203. The van der Waals surface area contributed by atoms with E-state index >= 15 is 14.4 Å². The standard InChI is InChI=1S/C71H83N19O18S5/c1-14-37-64-83-44(22-109-64)61(103)89-52(70(13,107)34(12)93)67-85-43(23-112-67)59(101)88-48-33(11)108-68(106)40-19-36(31(9)91)35-15-16-38(50(94)49(35)79-40)78-46(25(2)3)62(104)77-29(7)56(98)74-27(5)55(97)75-30(8)57(99)90-71(69-86-45(24-113-69)60(102)87-47(32(10)92)63(105)81-37)18-17-39(80-51(71)41-20-111-66(48)82-41)65-84-42(21-110-65)58(100)76-28(6)54(96)73-26(4)53(72)95/h14-16,19-21,23-25,29-34,38,44,46-48,50-52,78,91-94,107H,4-6,17-18,22H2,1-3,7-13H3,(H2,72,95)(H,73,96)(H,74,98)(H,75,97)(H,76,100)(H,77,104)(H,81,105)(H,87,102)(H,88,101)(H,89,103)(H,90,99)/b37-14+. The van der Waals surface area contributed by atoms with Crippen molar-refractivity contribution in [3.8, 4) is 0 Å². The van der Waals surface area contributed by atoms with Crippen LogP contribution in [-0.4, -0.2) is 198 Å². The van der Waals surface area contributed by atoms with Gasteiger partial charge < -0.3 is 89.2 Å². The van der Waals surface area contributed by atoms with Gasteiger partial charge in [0.15, 0.2) is 0 Å². The summed E-state index contributed by atoms with van der Waals surface area (Å²) in [6.07, 6.45) is -3.60. The summed E-state index contributed by atoms with van der Waals surface area (Å²) in [7, 11) is 0. The molecular weight excluding hydrogens is 1570 g/mol. The third-order valence-electron chi connectivity index (χ3n) is 18.9. The third kappa shape index (κ3) is 18.6. The minimum atomic E-state index is -2.21. The van der Waals surface area contributed by atoms with Gasteiger partial charge in [0, 0.05) is 32.8 Å². The van der Waals surface area contributed by atoms with E-state index in [1.807, 2.05) is 0 Å². The molecule has 4 aliphatic heterocycles. The van der Waals surface area contributed by atoms with Crippen molar-refractivity contribution >= 4 is 145 Å². The minimum absolute atomic E-state index is 0.0159. The lowest BCUT2D eigenvalue weighted by Gasteiger charge is -2.41. The summed E-state index contributed by atoms with van der Waals surface area (Å²) in [5, 5.41) is 92.0. The van der Waals surface area contributed by atoms with Crippen molar-refractivity contribution in [1.29, 1.82) is 0 Å². The molecule has 5 aliphatic rings. The zero-order valence-electron chi connectivity index (χ0n) is 62.3. The van der Waals surface area contributed by atoms with Crippen LogP contribution in [0.4, 0.5) is 0 Å². The Balaban J connectivity index is 1.18. The van der Waals surface area contributed by atoms with E-state index < -0.39 is 196 Å². The van der Waals surface area contributed by atoms with Crippen LogP contribution in [0.3, 0.4) is 0 Å². The maximum Gasteiger partial charge on any atom is 0.357 e. The molecule has 0 saturated carbocycles. The van der Waals surface area contributed by atoms with Crippen molar-refractivity contribution in [1.82, 2.24) is 83.4 Å².